The first-order chi connectivity index (χ1) is 14.1. The van der Waals surface area contributed by atoms with E-state index in [1.54, 1.807) is 0 Å². The number of aliphatic hydroxyl groups is 1. The number of carboxylic acids is 1. The van der Waals surface area contributed by atoms with Crippen LogP contribution in [0.4, 0.5) is 0 Å². The molecule has 0 aliphatic carbocycles. The lowest BCUT2D eigenvalue weighted by molar-refractivity contribution is -0.140. The van der Waals surface area contributed by atoms with Gasteiger partial charge in [0.25, 0.3) is 0 Å². The van der Waals surface area contributed by atoms with Gasteiger partial charge < -0.3 is 14.9 Å². The van der Waals surface area contributed by atoms with Crippen molar-refractivity contribution in [1.29, 1.82) is 0 Å². The maximum absolute atomic E-state index is 11.1. The Morgan fingerprint density at radius 2 is 1.45 bits per heavy atom. The SMILES string of the molecule is CCCCCCCCCCCCC(O)CCC(CC(=O)O)OCc1ccccc1. The predicted molar refractivity (Wildman–Crippen MR) is 119 cm³/mol. The van der Waals surface area contributed by atoms with Crippen LogP contribution >= 0.6 is 0 Å². The fourth-order valence-corrected chi connectivity index (χ4v) is 3.62. The van der Waals surface area contributed by atoms with E-state index in [0.717, 1.165) is 18.4 Å². The molecule has 0 saturated carbocycles. The molecule has 29 heavy (non-hydrogen) atoms. The second-order valence-electron chi connectivity index (χ2n) is 8.22. The molecule has 0 bridgehead atoms. The van der Waals surface area contributed by atoms with Gasteiger partial charge in [0.2, 0.25) is 0 Å². The lowest BCUT2D eigenvalue weighted by Gasteiger charge is -2.18. The zero-order valence-electron chi connectivity index (χ0n) is 18.4. The lowest BCUT2D eigenvalue weighted by Crippen LogP contribution is -2.20. The van der Waals surface area contributed by atoms with Crippen molar-refractivity contribution in [1.82, 2.24) is 0 Å². The van der Waals surface area contributed by atoms with E-state index < -0.39 is 5.97 Å². The lowest BCUT2D eigenvalue weighted by atomic mass is 10.0. The number of hydrogen-bond donors (Lipinski definition) is 2. The summed E-state index contributed by atoms with van der Waals surface area (Å²) < 4.78 is 5.80. The molecule has 0 radical (unpaired) electrons. The number of carbonyl (C=O) groups is 1. The molecule has 0 heterocycles. The fraction of sp³-hybridized carbons (Fsp3) is 0.720. The second-order valence-corrected chi connectivity index (χ2v) is 8.22. The van der Waals surface area contributed by atoms with Crippen LogP contribution in [0.5, 0.6) is 0 Å². The highest BCUT2D eigenvalue weighted by atomic mass is 16.5. The minimum atomic E-state index is -0.854. The van der Waals surface area contributed by atoms with Crippen molar-refractivity contribution < 1.29 is 19.7 Å². The molecule has 0 saturated heterocycles. The molecule has 0 spiro atoms. The highest BCUT2D eigenvalue weighted by molar-refractivity contribution is 5.67. The molecular formula is C25H42O4. The zero-order chi connectivity index (χ0) is 21.2. The summed E-state index contributed by atoms with van der Waals surface area (Å²) in [5.41, 5.74) is 1.04. The monoisotopic (exact) mass is 406 g/mol. The van der Waals surface area contributed by atoms with Crippen molar-refractivity contribution in [3.05, 3.63) is 35.9 Å². The fourth-order valence-electron chi connectivity index (χ4n) is 3.62. The van der Waals surface area contributed by atoms with Gasteiger partial charge in [0.05, 0.1) is 25.2 Å². The number of benzene rings is 1. The summed E-state index contributed by atoms with van der Waals surface area (Å²) in [6.45, 7) is 2.66. The summed E-state index contributed by atoms with van der Waals surface area (Å²) in [5, 5.41) is 19.3. The van der Waals surface area contributed by atoms with E-state index in [0.29, 0.717) is 19.4 Å². The van der Waals surface area contributed by atoms with Gasteiger partial charge in [-0.3, -0.25) is 4.79 Å². The minimum Gasteiger partial charge on any atom is -0.481 e. The molecule has 4 nitrogen and oxygen atoms in total. The molecule has 1 aromatic carbocycles. The predicted octanol–water partition coefficient (Wildman–Crippen LogP) is 6.50. The summed E-state index contributed by atoms with van der Waals surface area (Å²) in [5.74, 6) is -0.854. The largest absolute Gasteiger partial charge is 0.481 e. The first-order valence-corrected chi connectivity index (χ1v) is 11.7. The van der Waals surface area contributed by atoms with Gasteiger partial charge in [-0.25, -0.2) is 0 Å². The Hall–Kier alpha value is -1.39. The highest BCUT2D eigenvalue weighted by Gasteiger charge is 2.16. The standard InChI is InChI=1S/C25H42O4/c1-2-3-4-5-6-7-8-9-10-14-17-23(26)18-19-24(20-25(27)28)29-21-22-15-12-11-13-16-22/h11-13,15-16,23-24,26H,2-10,14,17-21H2,1H3,(H,27,28). The van der Waals surface area contributed by atoms with Gasteiger partial charge in [0.15, 0.2) is 0 Å². The van der Waals surface area contributed by atoms with Crippen LogP contribution in [0.1, 0.15) is 102 Å². The molecule has 0 aromatic heterocycles. The molecule has 1 aromatic rings. The molecule has 2 unspecified atom stereocenters. The Kier molecular flexibility index (Phi) is 15.4. The highest BCUT2D eigenvalue weighted by Crippen LogP contribution is 2.17. The maximum Gasteiger partial charge on any atom is 0.305 e. The number of unbranched alkanes of at least 4 members (excludes halogenated alkanes) is 9. The van der Waals surface area contributed by atoms with Gasteiger partial charge in [-0.15, -0.1) is 0 Å². The number of carboxylic acid groups (broad SMARTS) is 1. The van der Waals surface area contributed by atoms with E-state index in [1.807, 2.05) is 30.3 Å². The Labute approximate surface area is 177 Å². The normalized spacial score (nSPS) is 13.3. The van der Waals surface area contributed by atoms with Gasteiger partial charge in [0.1, 0.15) is 0 Å². The van der Waals surface area contributed by atoms with Crippen LogP contribution in [-0.4, -0.2) is 28.4 Å². The minimum absolute atomic E-state index is 0.0161. The number of ether oxygens (including phenoxy) is 1. The molecule has 0 aliphatic rings. The number of aliphatic hydroxyl groups excluding tert-OH is 1. The third-order valence-electron chi connectivity index (χ3n) is 5.44. The van der Waals surface area contributed by atoms with Crippen molar-refractivity contribution >= 4 is 5.97 Å². The van der Waals surface area contributed by atoms with Crippen LogP contribution < -0.4 is 0 Å². The number of rotatable bonds is 19. The molecule has 0 fully saturated rings. The summed E-state index contributed by atoms with van der Waals surface area (Å²) in [7, 11) is 0. The first-order valence-electron chi connectivity index (χ1n) is 11.7. The Bertz CT molecular complexity index is 503. The summed E-state index contributed by atoms with van der Waals surface area (Å²) in [6.07, 6.45) is 14.1. The van der Waals surface area contributed by atoms with Crippen LogP contribution in [0.2, 0.25) is 0 Å². The van der Waals surface area contributed by atoms with Crippen LogP contribution in [0, 0.1) is 0 Å². The van der Waals surface area contributed by atoms with E-state index in [9.17, 15) is 9.90 Å². The van der Waals surface area contributed by atoms with Crippen molar-refractivity contribution in [3.63, 3.8) is 0 Å². The van der Waals surface area contributed by atoms with Crippen LogP contribution in [0.3, 0.4) is 0 Å². The number of hydrogen-bond acceptors (Lipinski definition) is 3. The first kappa shape index (κ1) is 25.6. The van der Waals surface area contributed by atoms with Crippen molar-refractivity contribution in [2.45, 2.75) is 116 Å². The van der Waals surface area contributed by atoms with Gasteiger partial charge >= 0.3 is 5.97 Å². The van der Waals surface area contributed by atoms with Crippen molar-refractivity contribution in [2.75, 3.05) is 0 Å². The summed E-state index contributed by atoms with van der Waals surface area (Å²) in [6, 6.07) is 9.78. The summed E-state index contributed by atoms with van der Waals surface area (Å²) in [4.78, 5) is 11.1. The van der Waals surface area contributed by atoms with Crippen molar-refractivity contribution in [3.8, 4) is 0 Å². The molecule has 2 N–H and O–H groups in total. The van der Waals surface area contributed by atoms with Gasteiger partial charge in [0, 0.05) is 0 Å². The average molecular weight is 407 g/mol. The third kappa shape index (κ3) is 15.2. The van der Waals surface area contributed by atoms with E-state index in [4.69, 9.17) is 9.84 Å². The van der Waals surface area contributed by atoms with Gasteiger partial charge in [-0.1, -0.05) is 101 Å². The third-order valence-corrected chi connectivity index (χ3v) is 5.44. The van der Waals surface area contributed by atoms with E-state index in [2.05, 4.69) is 6.92 Å². The second kappa shape index (κ2) is 17.5. The Morgan fingerprint density at radius 3 is 2.03 bits per heavy atom. The summed E-state index contributed by atoms with van der Waals surface area (Å²) >= 11 is 0. The van der Waals surface area contributed by atoms with Gasteiger partial charge in [-0.05, 0) is 24.8 Å². The molecule has 166 valence electrons. The van der Waals surface area contributed by atoms with E-state index >= 15 is 0 Å². The van der Waals surface area contributed by atoms with Crippen LogP contribution in [0.15, 0.2) is 30.3 Å². The van der Waals surface area contributed by atoms with Gasteiger partial charge in [-0.2, -0.15) is 0 Å². The molecule has 4 heteroatoms. The Balaban J connectivity index is 2.09. The molecule has 2 atom stereocenters. The smallest absolute Gasteiger partial charge is 0.305 e. The van der Waals surface area contributed by atoms with Crippen molar-refractivity contribution in [2.24, 2.45) is 0 Å². The average Bonchev–Trinajstić information content (AvgIpc) is 2.72. The molecule has 0 amide bonds. The van der Waals surface area contributed by atoms with Crippen LogP contribution in [-0.2, 0) is 16.1 Å². The molecule has 1 rings (SSSR count). The van der Waals surface area contributed by atoms with E-state index in [-0.39, 0.29) is 18.6 Å². The molecular weight excluding hydrogens is 364 g/mol. The maximum atomic E-state index is 11.1. The van der Waals surface area contributed by atoms with E-state index in [1.165, 1.54) is 57.8 Å². The number of aliphatic carboxylic acids is 1. The topological polar surface area (TPSA) is 66.8 Å². The van der Waals surface area contributed by atoms with Crippen LogP contribution in [0.25, 0.3) is 0 Å². The zero-order valence-corrected chi connectivity index (χ0v) is 18.4. The molecule has 0 aliphatic heterocycles. The quantitative estimate of drug-likeness (QED) is 0.257. The Morgan fingerprint density at radius 1 is 0.862 bits per heavy atom.